The average Bonchev–Trinajstić information content (AvgIpc) is 2.49. The summed E-state index contributed by atoms with van der Waals surface area (Å²) in [6.07, 6.45) is 18.6. The van der Waals surface area contributed by atoms with Gasteiger partial charge in [-0.3, -0.25) is 0 Å². The number of hydrogen-bond acceptors (Lipinski definition) is 0. The molecule has 20 heavy (non-hydrogen) atoms. The molecule has 0 aromatic carbocycles. The van der Waals surface area contributed by atoms with Crippen LogP contribution in [0, 0.1) is 35.5 Å². The van der Waals surface area contributed by atoms with Crippen molar-refractivity contribution in [3.63, 3.8) is 0 Å². The van der Waals surface area contributed by atoms with Gasteiger partial charge in [0.05, 0.1) is 0 Å². The van der Waals surface area contributed by atoms with Gasteiger partial charge in [-0.1, -0.05) is 39.5 Å². The van der Waals surface area contributed by atoms with Gasteiger partial charge in [0.1, 0.15) is 0 Å². The molecule has 0 heteroatoms. The van der Waals surface area contributed by atoms with Crippen LogP contribution in [0.3, 0.4) is 0 Å². The van der Waals surface area contributed by atoms with E-state index in [-0.39, 0.29) is 4.28 Å². The van der Waals surface area contributed by atoms with Crippen molar-refractivity contribution in [1.82, 2.24) is 0 Å². The third-order valence-electron chi connectivity index (χ3n) is 7.27. The van der Waals surface area contributed by atoms with E-state index in [1.165, 1.54) is 25.7 Å². The number of hydrogen-bond donors (Lipinski definition) is 0. The topological polar surface area (TPSA) is 0 Å². The fraction of sp³-hybridized carbons (Fsp3) is 1.00. The highest BCUT2D eigenvalue weighted by Crippen LogP contribution is 2.45. The zero-order valence-electron chi connectivity index (χ0n) is 13.9. The smallest absolute Gasteiger partial charge is 0 e. The van der Waals surface area contributed by atoms with Crippen LogP contribution in [0.15, 0.2) is 0 Å². The normalized spacial score (nSPS) is 47.1. The van der Waals surface area contributed by atoms with Crippen molar-refractivity contribution < 1.29 is 4.28 Å². The maximum Gasteiger partial charge on any atom is 0 e. The van der Waals surface area contributed by atoms with Crippen LogP contribution in [0.4, 0.5) is 0 Å². The molecule has 3 aliphatic carbocycles. The molecule has 3 aliphatic rings. The molecule has 0 saturated heterocycles. The van der Waals surface area contributed by atoms with Gasteiger partial charge in [-0.2, -0.15) is 0 Å². The second kappa shape index (κ2) is 6.84. The largest absolute Gasteiger partial charge is 0.0625 e. The first-order chi connectivity index (χ1) is 9.72. The van der Waals surface area contributed by atoms with E-state index >= 15 is 0 Å². The molecule has 0 heterocycles. The zero-order valence-corrected chi connectivity index (χ0v) is 13.9. The van der Waals surface area contributed by atoms with E-state index in [0.29, 0.717) is 0 Å². The first-order valence-electron chi connectivity index (χ1n) is 9.72. The lowest BCUT2D eigenvalue weighted by atomic mass is 9.65. The Labute approximate surface area is 131 Å². The molecule has 3 rings (SSSR count). The van der Waals surface area contributed by atoms with Crippen molar-refractivity contribution in [3.8, 4) is 0 Å². The van der Waals surface area contributed by atoms with Crippen LogP contribution in [0.1, 0.15) is 95.2 Å². The molecule has 0 nitrogen and oxygen atoms in total. The summed E-state index contributed by atoms with van der Waals surface area (Å²) in [5.41, 5.74) is 0. The van der Waals surface area contributed by atoms with Gasteiger partial charge in [0.25, 0.3) is 0 Å². The summed E-state index contributed by atoms with van der Waals surface area (Å²) in [5.74, 6) is 6.48. The Morgan fingerprint density at radius 2 is 0.600 bits per heavy atom. The molecule has 0 radical (unpaired) electrons. The van der Waals surface area contributed by atoms with E-state index in [1.54, 1.807) is 51.4 Å². The fourth-order valence-corrected chi connectivity index (χ4v) is 5.60. The molecule has 122 valence electrons. The maximum atomic E-state index is 2.46. The van der Waals surface area contributed by atoms with E-state index in [0.717, 1.165) is 35.5 Å². The predicted octanol–water partition coefficient (Wildman–Crippen LogP) is 7.18. The lowest BCUT2D eigenvalue weighted by Gasteiger charge is -2.41. The van der Waals surface area contributed by atoms with Gasteiger partial charge < -0.3 is 0 Å². The standard InChI is InChI=1S/C20H36.3H2/c1-15-3-7-17(8-4-15)19-11-13-20(14-12-19)18-9-5-16(2)6-10-18;;;/h15-20H,3-14H2,1-2H3;3*1H. The first-order valence-corrected chi connectivity index (χ1v) is 9.72. The molecule has 0 aromatic heterocycles. The number of rotatable bonds is 2. The van der Waals surface area contributed by atoms with Crippen LogP contribution in [0.25, 0.3) is 0 Å². The van der Waals surface area contributed by atoms with E-state index in [1.807, 2.05) is 0 Å². The summed E-state index contributed by atoms with van der Waals surface area (Å²) in [5, 5.41) is 0. The minimum absolute atomic E-state index is 0. The van der Waals surface area contributed by atoms with Gasteiger partial charge in [0.2, 0.25) is 0 Å². The van der Waals surface area contributed by atoms with E-state index in [4.69, 9.17) is 0 Å². The molecule has 0 aromatic rings. The van der Waals surface area contributed by atoms with Crippen molar-refractivity contribution in [2.75, 3.05) is 0 Å². The molecule has 0 unspecified atom stereocenters. The van der Waals surface area contributed by atoms with E-state index in [9.17, 15) is 0 Å². The summed E-state index contributed by atoms with van der Waals surface area (Å²) < 4.78 is 0. The van der Waals surface area contributed by atoms with Crippen molar-refractivity contribution in [2.45, 2.75) is 90.9 Å². The monoisotopic (exact) mass is 282 g/mol. The SMILES string of the molecule is CC1CCC(C2CCC(C3CCC(C)CC3)CC2)CC1.[HH].[HH].[HH]. The Morgan fingerprint density at radius 3 is 0.850 bits per heavy atom. The van der Waals surface area contributed by atoms with Crippen LogP contribution in [-0.4, -0.2) is 0 Å². The summed E-state index contributed by atoms with van der Waals surface area (Å²) >= 11 is 0. The van der Waals surface area contributed by atoms with Crippen molar-refractivity contribution in [2.24, 2.45) is 35.5 Å². The third kappa shape index (κ3) is 3.60. The highest BCUT2D eigenvalue weighted by molar-refractivity contribution is 4.85. The van der Waals surface area contributed by atoms with Crippen molar-refractivity contribution in [1.29, 1.82) is 0 Å². The van der Waals surface area contributed by atoms with Crippen LogP contribution in [-0.2, 0) is 0 Å². The Morgan fingerprint density at radius 1 is 0.400 bits per heavy atom. The fourth-order valence-electron chi connectivity index (χ4n) is 5.60. The Kier molecular flexibility index (Phi) is 5.10. The van der Waals surface area contributed by atoms with Crippen molar-refractivity contribution >= 4 is 0 Å². The van der Waals surface area contributed by atoms with Gasteiger partial charge in [-0.05, 0) is 86.9 Å². The maximum absolute atomic E-state index is 2.46. The van der Waals surface area contributed by atoms with Gasteiger partial charge in [0.15, 0.2) is 0 Å². The molecular weight excluding hydrogens is 240 g/mol. The van der Waals surface area contributed by atoms with Gasteiger partial charge in [0, 0.05) is 4.28 Å². The second-order valence-corrected chi connectivity index (χ2v) is 8.71. The molecule has 3 saturated carbocycles. The predicted molar refractivity (Wildman–Crippen MR) is 94.0 cm³/mol. The second-order valence-electron chi connectivity index (χ2n) is 8.71. The molecule has 0 aliphatic heterocycles. The summed E-state index contributed by atoms with van der Waals surface area (Å²) in [6.45, 7) is 4.91. The van der Waals surface area contributed by atoms with E-state index < -0.39 is 0 Å². The van der Waals surface area contributed by atoms with E-state index in [2.05, 4.69) is 13.8 Å². The summed E-state index contributed by atoms with van der Waals surface area (Å²) in [6, 6.07) is 0. The molecule has 0 atom stereocenters. The van der Waals surface area contributed by atoms with Crippen LogP contribution in [0.2, 0.25) is 0 Å². The quantitative estimate of drug-likeness (QED) is 0.503. The third-order valence-corrected chi connectivity index (χ3v) is 7.27. The summed E-state index contributed by atoms with van der Waals surface area (Å²) in [4.78, 5) is 0. The zero-order chi connectivity index (χ0) is 13.9. The molecule has 0 N–H and O–H groups in total. The van der Waals surface area contributed by atoms with Gasteiger partial charge in [-0.25, -0.2) is 0 Å². The van der Waals surface area contributed by atoms with Gasteiger partial charge in [-0.15, -0.1) is 0 Å². The molecular formula is C20H42. The summed E-state index contributed by atoms with van der Waals surface area (Å²) in [7, 11) is 0. The van der Waals surface area contributed by atoms with Gasteiger partial charge >= 0.3 is 0 Å². The molecule has 0 bridgehead atoms. The Balaban J connectivity index is 0.00000161. The van der Waals surface area contributed by atoms with Crippen LogP contribution in [0.5, 0.6) is 0 Å². The first kappa shape index (κ1) is 14.9. The van der Waals surface area contributed by atoms with Crippen LogP contribution < -0.4 is 0 Å². The Hall–Kier alpha value is 0. The Bertz CT molecular complexity index is 253. The minimum Gasteiger partial charge on any atom is -0.0625 e. The van der Waals surface area contributed by atoms with Crippen LogP contribution >= 0.6 is 0 Å². The molecule has 0 spiro atoms. The lowest BCUT2D eigenvalue weighted by Crippen LogP contribution is -2.29. The minimum atomic E-state index is 0. The lowest BCUT2D eigenvalue weighted by molar-refractivity contribution is 0.108. The average molecular weight is 283 g/mol. The highest BCUT2D eigenvalue weighted by atomic mass is 14.4. The van der Waals surface area contributed by atoms with Crippen molar-refractivity contribution in [3.05, 3.63) is 0 Å². The highest BCUT2D eigenvalue weighted by Gasteiger charge is 2.33. The molecule has 3 fully saturated rings. The molecule has 0 amide bonds.